The van der Waals surface area contributed by atoms with E-state index in [2.05, 4.69) is 15.3 Å². The molecule has 1 spiro atoms. The second-order valence-electron chi connectivity index (χ2n) is 9.41. The van der Waals surface area contributed by atoms with Crippen LogP contribution in [0.5, 0.6) is 5.75 Å². The third-order valence-electron chi connectivity index (χ3n) is 6.78. The molecule has 1 saturated carbocycles. The van der Waals surface area contributed by atoms with Gasteiger partial charge in [0.2, 0.25) is 11.9 Å². The van der Waals surface area contributed by atoms with Crippen LogP contribution in [0.3, 0.4) is 0 Å². The molecule has 5 rings (SSSR count). The predicted octanol–water partition coefficient (Wildman–Crippen LogP) is 3.16. The van der Waals surface area contributed by atoms with Crippen molar-refractivity contribution < 1.29 is 9.15 Å². The standard InChI is InChI=1S/C25H32N8O3.ClH/c26-23-28-24(27)33(25(29-23)11-3-1-4-12-25)17-19-16-32(31-30-19)13-5-2-6-14-35-20-8-9-21-18(15-20)7-10-22(34)36-21;/h7-10,15-16H,1-6,11-14,17H2,(H4,26,27,28,29);1H. The average Bonchev–Trinajstić information content (AvgIpc) is 3.31. The van der Waals surface area contributed by atoms with Crippen LogP contribution in [0.15, 0.2) is 55.7 Å². The van der Waals surface area contributed by atoms with Crippen LogP contribution in [-0.2, 0) is 13.1 Å². The Morgan fingerprint density at radius 1 is 1.05 bits per heavy atom. The molecule has 2 aliphatic rings. The molecule has 0 bridgehead atoms. The Kier molecular flexibility index (Phi) is 8.32. The van der Waals surface area contributed by atoms with E-state index in [0.29, 0.717) is 24.7 Å². The lowest BCUT2D eigenvalue weighted by atomic mass is 9.87. The second-order valence-corrected chi connectivity index (χ2v) is 9.41. The zero-order chi connectivity index (χ0) is 25.0. The average molecular weight is 529 g/mol. The molecule has 37 heavy (non-hydrogen) atoms. The monoisotopic (exact) mass is 528 g/mol. The molecule has 4 N–H and O–H groups in total. The first-order chi connectivity index (χ1) is 17.5. The number of aliphatic imine (C=N–C) groups is 2. The van der Waals surface area contributed by atoms with Crippen LogP contribution in [0.2, 0.25) is 0 Å². The second kappa shape index (κ2) is 11.6. The fourth-order valence-corrected chi connectivity index (χ4v) is 4.98. The number of nitrogens with two attached hydrogens (primary N) is 2. The lowest BCUT2D eigenvalue weighted by molar-refractivity contribution is 0.113. The molecule has 0 amide bonds. The van der Waals surface area contributed by atoms with Gasteiger partial charge in [-0.25, -0.2) is 9.79 Å². The lowest BCUT2D eigenvalue weighted by Crippen LogP contribution is -2.57. The van der Waals surface area contributed by atoms with E-state index in [0.717, 1.165) is 68.3 Å². The number of hydrogen-bond donors (Lipinski definition) is 2. The number of fused-ring (bicyclic) bond motifs is 1. The summed E-state index contributed by atoms with van der Waals surface area (Å²) in [6.45, 7) is 1.90. The van der Waals surface area contributed by atoms with Crippen LogP contribution in [0, 0.1) is 0 Å². The molecule has 2 aromatic heterocycles. The number of guanidine groups is 2. The van der Waals surface area contributed by atoms with E-state index >= 15 is 0 Å². The summed E-state index contributed by atoms with van der Waals surface area (Å²) in [5.41, 5.74) is 12.8. The smallest absolute Gasteiger partial charge is 0.336 e. The van der Waals surface area contributed by atoms with Crippen molar-refractivity contribution in [2.75, 3.05) is 6.61 Å². The zero-order valence-electron chi connectivity index (χ0n) is 20.7. The van der Waals surface area contributed by atoms with Crippen molar-refractivity contribution in [3.8, 4) is 5.75 Å². The van der Waals surface area contributed by atoms with Crippen molar-refractivity contribution in [2.24, 2.45) is 21.5 Å². The maximum absolute atomic E-state index is 11.3. The van der Waals surface area contributed by atoms with Crippen molar-refractivity contribution in [1.82, 2.24) is 19.9 Å². The van der Waals surface area contributed by atoms with Gasteiger partial charge in [0.25, 0.3) is 0 Å². The SMILES string of the molecule is Cl.NC1=NC2(CCCCC2)N(Cc2cn(CCCCCOc3ccc4oc(=O)ccc4c3)nn2)C(N)=N1. The molecule has 0 radical (unpaired) electrons. The summed E-state index contributed by atoms with van der Waals surface area (Å²) in [6, 6.07) is 8.61. The van der Waals surface area contributed by atoms with E-state index in [1.54, 1.807) is 12.1 Å². The minimum Gasteiger partial charge on any atom is -0.494 e. The van der Waals surface area contributed by atoms with E-state index in [1.165, 1.54) is 12.5 Å². The van der Waals surface area contributed by atoms with Gasteiger partial charge in [-0.2, -0.15) is 4.99 Å². The number of aromatic nitrogens is 3. The Bertz CT molecular complexity index is 1330. The zero-order valence-corrected chi connectivity index (χ0v) is 21.5. The number of hydrogen-bond acceptors (Lipinski definition) is 10. The first kappa shape index (κ1) is 26.5. The number of ether oxygens (including phenoxy) is 1. The highest BCUT2D eigenvalue weighted by Gasteiger charge is 2.41. The Balaban J connectivity index is 0.00000320. The Labute approximate surface area is 221 Å². The molecule has 198 valence electrons. The Morgan fingerprint density at radius 2 is 1.89 bits per heavy atom. The first-order valence-corrected chi connectivity index (χ1v) is 12.5. The first-order valence-electron chi connectivity index (χ1n) is 12.5. The van der Waals surface area contributed by atoms with Gasteiger partial charge in [-0.1, -0.05) is 11.6 Å². The summed E-state index contributed by atoms with van der Waals surface area (Å²) in [7, 11) is 0. The van der Waals surface area contributed by atoms with E-state index < -0.39 is 5.66 Å². The van der Waals surface area contributed by atoms with Gasteiger partial charge in [0.1, 0.15) is 22.7 Å². The summed E-state index contributed by atoms with van der Waals surface area (Å²) in [5.74, 6) is 1.42. The van der Waals surface area contributed by atoms with Crippen molar-refractivity contribution in [3.05, 3.63) is 52.6 Å². The van der Waals surface area contributed by atoms with Crippen LogP contribution in [-0.4, -0.2) is 44.1 Å². The van der Waals surface area contributed by atoms with Gasteiger partial charge in [0.15, 0.2) is 0 Å². The molecule has 1 aliphatic heterocycles. The van der Waals surface area contributed by atoms with Gasteiger partial charge in [0, 0.05) is 18.0 Å². The molecular formula is C25H33ClN8O3. The van der Waals surface area contributed by atoms with Crippen molar-refractivity contribution in [1.29, 1.82) is 0 Å². The van der Waals surface area contributed by atoms with E-state index in [-0.39, 0.29) is 24.0 Å². The normalized spacial score (nSPS) is 16.8. The third kappa shape index (κ3) is 6.22. The number of benzene rings is 1. The van der Waals surface area contributed by atoms with Crippen LogP contribution >= 0.6 is 12.4 Å². The molecule has 3 heterocycles. The van der Waals surface area contributed by atoms with Gasteiger partial charge in [-0.05, 0) is 69.2 Å². The molecule has 0 unspecified atom stereocenters. The predicted molar refractivity (Wildman–Crippen MR) is 144 cm³/mol. The molecule has 3 aromatic rings. The lowest BCUT2D eigenvalue weighted by Gasteiger charge is -2.45. The van der Waals surface area contributed by atoms with Gasteiger partial charge in [0.05, 0.1) is 19.3 Å². The maximum atomic E-state index is 11.3. The molecule has 12 heteroatoms. The molecule has 0 atom stereocenters. The quantitative estimate of drug-likeness (QED) is 0.317. The third-order valence-corrected chi connectivity index (χ3v) is 6.78. The fraction of sp³-hybridized carbons (Fsp3) is 0.480. The number of aryl methyl sites for hydroxylation is 1. The Hall–Kier alpha value is -3.60. The molecule has 11 nitrogen and oxygen atoms in total. The molecule has 0 saturated heterocycles. The van der Waals surface area contributed by atoms with Gasteiger partial charge in [-0.3, -0.25) is 4.68 Å². The molecule has 1 aliphatic carbocycles. The summed E-state index contributed by atoms with van der Waals surface area (Å²) in [5, 5.41) is 9.49. The van der Waals surface area contributed by atoms with Crippen molar-refractivity contribution in [3.63, 3.8) is 0 Å². The van der Waals surface area contributed by atoms with E-state index in [1.807, 2.05) is 27.9 Å². The number of unbranched alkanes of at least 4 members (excludes halogenated alkanes) is 2. The summed E-state index contributed by atoms with van der Waals surface area (Å²) >= 11 is 0. The largest absolute Gasteiger partial charge is 0.494 e. The highest BCUT2D eigenvalue weighted by Crippen LogP contribution is 2.37. The highest BCUT2D eigenvalue weighted by atomic mass is 35.5. The van der Waals surface area contributed by atoms with Gasteiger partial charge in [-0.15, -0.1) is 17.5 Å². The topological polar surface area (TPSA) is 150 Å². The van der Waals surface area contributed by atoms with Gasteiger partial charge >= 0.3 is 5.63 Å². The minimum atomic E-state index is -0.420. The molecule has 1 aromatic carbocycles. The van der Waals surface area contributed by atoms with Crippen LogP contribution in [0.1, 0.15) is 57.1 Å². The Morgan fingerprint density at radius 3 is 2.73 bits per heavy atom. The van der Waals surface area contributed by atoms with Gasteiger partial charge < -0.3 is 25.5 Å². The van der Waals surface area contributed by atoms with Crippen molar-refractivity contribution >= 4 is 35.3 Å². The molecule has 1 fully saturated rings. The van der Waals surface area contributed by atoms with Crippen LogP contribution in [0.25, 0.3) is 11.0 Å². The summed E-state index contributed by atoms with van der Waals surface area (Å²) < 4.78 is 12.9. The highest BCUT2D eigenvalue weighted by molar-refractivity contribution is 5.95. The molecular weight excluding hydrogens is 496 g/mol. The van der Waals surface area contributed by atoms with Crippen LogP contribution in [0.4, 0.5) is 0 Å². The minimum absolute atomic E-state index is 0. The van der Waals surface area contributed by atoms with E-state index in [9.17, 15) is 4.79 Å². The maximum Gasteiger partial charge on any atom is 0.336 e. The van der Waals surface area contributed by atoms with E-state index in [4.69, 9.17) is 25.6 Å². The fourth-order valence-electron chi connectivity index (χ4n) is 4.98. The van der Waals surface area contributed by atoms with Crippen molar-refractivity contribution in [2.45, 2.75) is 70.1 Å². The number of halogens is 1. The summed E-state index contributed by atoms with van der Waals surface area (Å²) in [6.07, 6.45) is 10.1. The summed E-state index contributed by atoms with van der Waals surface area (Å²) in [4.78, 5) is 22.2. The number of rotatable bonds is 9. The number of nitrogens with zero attached hydrogens (tertiary/aromatic N) is 6. The van der Waals surface area contributed by atoms with Crippen LogP contribution < -0.4 is 21.8 Å².